The zero-order valence-electron chi connectivity index (χ0n) is 9.83. The van der Waals surface area contributed by atoms with Crippen molar-refractivity contribution in [1.29, 1.82) is 5.26 Å². The number of aromatic nitrogens is 2. The van der Waals surface area contributed by atoms with E-state index >= 15 is 0 Å². The number of hydrogen-bond donors (Lipinski definition) is 2. The monoisotopic (exact) mass is 259 g/mol. The molecule has 0 unspecified atom stereocenters. The number of nitrogens with one attached hydrogen (secondary N) is 1. The van der Waals surface area contributed by atoms with Crippen LogP contribution in [0.5, 0.6) is 0 Å². The van der Waals surface area contributed by atoms with Crippen molar-refractivity contribution < 1.29 is 14.6 Å². The Bertz CT molecular complexity index is 625. The van der Waals surface area contributed by atoms with Gasteiger partial charge >= 0.3 is 11.5 Å². The van der Waals surface area contributed by atoms with Crippen LogP contribution in [0.3, 0.4) is 0 Å². The number of aromatic amines is 1. The number of nitrogen functional groups attached to an aromatic ring is 1. The van der Waals surface area contributed by atoms with E-state index < -0.39 is 0 Å². The van der Waals surface area contributed by atoms with Gasteiger partial charge in [0.25, 0.3) is 0 Å². The van der Waals surface area contributed by atoms with Gasteiger partial charge in [-0.05, 0) is 17.7 Å². The number of amidine groups is 1. The summed E-state index contributed by atoms with van der Waals surface area (Å²) in [6, 6.07) is 8.94. The van der Waals surface area contributed by atoms with Crippen molar-refractivity contribution >= 4 is 11.7 Å². The number of nitrogens with two attached hydrogens (primary N) is 2. The third-order valence-electron chi connectivity index (χ3n) is 2.27. The maximum absolute atomic E-state index is 8.66. The summed E-state index contributed by atoms with van der Waals surface area (Å²) >= 11 is 0. The van der Waals surface area contributed by atoms with Crippen LogP contribution in [0.4, 0.5) is 5.82 Å². The molecule has 2 rings (SSSR count). The number of anilines is 1. The summed E-state index contributed by atoms with van der Waals surface area (Å²) in [7, 11) is 0. The van der Waals surface area contributed by atoms with Crippen molar-refractivity contribution in [3.05, 3.63) is 41.1 Å². The average molecular weight is 259 g/mol. The molecule has 0 saturated carbocycles. The summed E-state index contributed by atoms with van der Waals surface area (Å²) in [6.07, 6.45) is 0. The molecule has 5 N–H and O–H groups in total. The van der Waals surface area contributed by atoms with E-state index in [1.807, 2.05) is 6.07 Å². The topological polar surface area (TPSA) is 138 Å². The van der Waals surface area contributed by atoms with E-state index in [1.165, 1.54) is 0 Å². The van der Waals surface area contributed by atoms with Gasteiger partial charge in [-0.3, -0.25) is 0 Å². The first kappa shape index (κ1) is 12.4. The van der Waals surface area contributed by atoms with Gasteiger partial charge in [0.2, 0.25) is 5.84 Å². The molecule has 0 aliphatic heterocycles. The van der Waals surface area contributed by atoms with Gasteiger partial charge in [-0.15, -0.1) is 4.63 Å². The minimum atomic E-state index is 0.0103. The van der Waals surface area contributed by atoms with Gasteiger partial charge in [0.15, 0.2) is 0 Å². The third kappa shape index (κ3) is 2.98. The molecule has 1 aromatic heterocycles. The van der Waals surface area contributed by atoms with Crippen LogP contribution < -0.4 is 16.6 Å². The Kier molecular flexibility index (Phi) is 3.59. The molecule has 8 heteroatoms. The highest BCUT2D eigenvalue weighted by Crippen LogP contribution is 2.05. The molecule has 0 fully saturated rings. The Balaban J connectivity index is 1.96. The zero-order chi connectivity index (χ0) is 13.7. The van der Waals surface area contributed by atoms with Gasteiger partial charge in [-0.2, -0.15) is 5.26 Å². The van der Waals surface area contributed by atoms with Crippen molar-refractivity contribution in [3.8, 4) is 6.07 Å². The molecule has 96 valence electrons. The minimum Gasteiger partial charge on any atom is -0.389 e. The van der Waals surface area contributed by atoms with E-state index in [2.05, 4.69) is 20.1 Å². The van der Waals surface area contributed by atoms with E-state index in [1.54, 1.807) is 24.3 Å². The maximum Gasteiger partial charge on any atom is 0.303 e. The Morgan fingerprint density at radius 1 is 1.47 bits per heavy atom. The average Bonchev–Trinajstić information content (AvgIpc) is 2.86. The Morgan fingerprint density at radius 2 is 2.21 bits per heavy atom. The number of H-pyrrole nitrogens is 1. The fourth-order valence-corrected chi connectivity index (χ4v) is 1.29. The highest BCUT2D eigenvalue weighted by molar-refractivity contribution is 5.98. The van der Waals surface area contributed by atoms with Crippen molar-refractivity contribution in [2.45, 2.75) is 6.61 Å². The maximum atomic E-state index is 8.66. The quantitative estimate of drug-likeness (QED) is 0.442. The molecule has 0 aliphatic carbocycles. The number of nitriles is 1. The zero-order valence-corrected chi connectivity index (χ0v) is 9.83. The lowest BCUT2D eigenvalue weighted by Gasteiger charge is -2.00. The summed E-state index contributed by atoms with van der Waals surface area (Å²) in [6.45, 7) is 0.216. The van der Waals surface area contributed by atoms with Gasteiger partial charge in [-0.25, -0.2) is 0 Å². The second kappa shape index (κ2) is 5.50. The number of benzene rings is 1. The lowest BCUT2D eigenvalue weighted by atomic mass is 10.2. The SMILES string of the molecule is N#Cc1ccc(CON=C(N)c2no[nH+]c2N)cc1. The number of oxime groups is 1. The highest BCUT2D eigenvalue weighted by atomic mass is 16.6. The molecule has 19 heavy (non-hydrogen) atoms. The Morgan fingerprint density at radius 3 is 2.79 bits per heavy atom. The number of rotatable bonds is 4. The van der Waals surface area contributed by atoms with Crippen LogP contribution in [0.15, 0.2) is 34.1 Å². The third-order valence-corrected chi connectivity index (χ3v) is 2.27. The van der Waals surface area contributed by atoms with Crippen LogP contribution in [0.25, 0.3) is 0 Å². The molecule has 2 aromatic rings. The van der Waals surface area contributed by atoms with Gasteiger partial charge in [-0.1, -0.05) is 22.4 Å². The van der Waals surface area contributed by atoms with Gasteiger partial charge in [0.05, 0.1) is 16.8 Å². The van der Waals surface area contributed by atoms with Crippen molar-refractivity contribution in [3.63, 3.8) is 0 Å². The van der Waals surface area contributed by atoms with E-state index in [0.29, 0.717) is 5.56 Å². The van der Waals surface area contributed by atoms with Crippen molar-refractivity contribution in [2.75, 3.05) is 5.73 Å². The van der Waals surface area contributed by atoms with Crippen LogP contribution in [0, 0.1) is 11.3 Å². The summed E-state index contributed by atoms with van der Waals surface area (Å²) in [5.74, 6) is 0.180. The van der Waals surface area contributed by atoms with E-state index in [-0.39, 0.29) is 24.0 Å². The molecule has 0 saturated heterocycles. The first-order valence-corrected chi connectivity index (χ1v) is 5.28. The summed E-state index contributed by atoms with van der Waals surface area (Å²) in [5.41, 5.74) is 12.7. The molecule has 0 aliphatic rings. The second-order valence-electron chi connectivity index (χ2n) is 3.61. The van der Waals surface area contributed by atoms with E-state index in [9.17, 15) is 0 Å². The lowest BCUT2D eigenvalue weighted by molar-refractivity contribution is -0.610. The Labute approximate surface area is 108 Å². The predicted octanol–water partition coefficient (Wildman–Crippen LogP) is -0.220. The second-order valence-corrected chi connectivity index (χ2v) is 3.61. The molecule has 0 atom stereocenters. The number of hydrogen-bond acceptors (Lipinski definition) is 6. The first-order chi connectivity index (χ1) is 9.20. The molecule has 0 bridgehead atoms. The standard InChI is InChI=1S/C11H10N6O2/c12-5-7-1-3-8(4-2-7)6-18-16-10(13)9-11(14)17-19-15-9/h1-4H,6H2,(H2,13,16)(H2,14,17)/p+1. The predicted molar refractivity (Wildman–Crippen MR) is 64.1 cm³/mol. The molecule has 8 nitrogen and oxygen atoms in total. The normalized spacial score (nSPS) is 11.0. The van der Waals surface area contributed by atoms with Gasteiger partial charge < -0.3 is 16.3 Å². The molecular formula is C11H11N6O2+. The summed E-state index contributed by atoms with van der Waals surface area (Å²) in [5, 5.41) is 18.2. The van der Waals surface area contributed by atoms with Gasteiger partial charge in [0, 0.05) is 0 Å². The van der Waals surface area contributed by atoms with Crippen molar-refractivity contribution in [2.24, 2.45) is 10.9 Å². The molecule has 1 aromatic carbocycles. The van der Waals surface area contributed by atoms with Crippen LogP contribution in [-0.4, -0.2) is 11.0 Å². The Hall–Kier alpha value is -3.08. The fraction of sp³-hybridized carbons (Fsp3) is 0.0909. The van der Waals surface area contributed by atoms with E-state index in [0.717, 1.165) is 5.56 Å². The van der Waals surface area contributed by atoms with Gasteiger partial charge in [0.1, 0.15) is 6.61 Å². The molecule has 0 amide bonds. The molecule has 0 spiro atoms. The fourth-order valence-electron chi connectivity index (χ4n) is 1.29. The molecule has 1 heterocycles. The van der Waals surface area contributed by atoms with Crippen LogP contribution in [0.1, 0.15) is 16.8 Å². The van der Waals surface area contributed by atoms with Crippen LogP contribution in [0.2, 0.25) is 0 Å². The number of nitrogens with zero attached hydrogens (tertiary/aromatic N) is 3. The largest absolute Gasteiger partial charge is 0.389 e. The van der Waals surface area contributed by atoms with Crippen LogP contribution in [-0.2, 0) is 11.4 Å². The first-order valence-electron chi connectivity index (χ1n) is 5.28. The molecular weight excluding hydrogens is 248 g/mol. The summed E-state index contributed by atoms with van der Waals surface area (Å²) in [4.78, 5) is 5.06. The smallest absolute Gasteiger partial charge is 0.303 e. The van der Waals surface area contributed by atoms with E-state index in [4.69, 9.17) is 21.6 Å². The van der Waals surface area contributed by atoms with Crippen molar-refractivity contribution in [1.82, 2.24) is 5.16 Å². The van der Waals surface area contributed by atoms with Crippen LogP contribution >= 0.6 is 0 Å². The lowest BCUT2D eigenvalue weighted by Crippen LogP contribution is -2.18. The summed E-state index contributed by atoms with van der Waals surface area (Å²) < 4.78 is 4.51. The minimum absolute atomic E-state index is 0.0103. The highest BCUT2D eigenvalue weighted by Gasteiger charge is 2.17. The molecule has 0 radical (unpaired) electrons.